The molecule has 100 valence electrons. The average molecular weight is 251 g/mol. The zero-order valence-electron chi connectivity index (χ0n) is 11.1. The monoisotopic (exact) mass is 251 g/mol. The van der Waals surface area contributed by atoms with Crippen molar-refractivity contribution in [3.8, 4) is 0 Å². The van der Waals surface area contributed by atoms with E-state index in [1.807, 2.05) is 6.92 Å². The van der Waals surface area contributed by atoms with Crippen molar-refractivity contribution < 1.29 is 4.79 Å². The number of urea groups is 1. The highest BCUT2D eigenvalue weighted by Gasteiger charge is 2.18. The fraction of sp³-hybridized carbons (Fsp3) is 0.750. The van der Waals surface area contributed by atoms with Crippen molar-refractivity contribution in [2.24, 2.45) is 0 Å². The van der Waals surface area contributed by atoms with Crippen molar-refractivity contribution in [2.45, 2.75) is 51.6 Å². The Morgan fingerprint density at radius 2 is 2.17 bits per heavy atom. The summed E-state index contributed by atoms with van der Waals surface area (Å²) in [5, 5.41) is 9.87. The van der Waals surface area contributed by atoms with Crippen LogP contribution in [-0.2, 0) is 6.54 Å². The number of aromatic nitrogens is 3. The Hall–Kier alpha value is -1.59. The molecule has 1 saturated carbocycles. The van der Waals surface area contributed by atoms with Gasteiger partial charge < -0.3 is 10.2 Å². The maximum absolute atomic E-state index is 12.0. The van der Waals surface area contributed by atoms with Crippen LogP contribution in [-0.4, -0.2) is 39.2 Å². The van der Waals surface area contributed by atoms with E-state index in [-0.39, 0.29) is 6.03 Å². The van der Waals surface area contributed by atoms with E-state index >= 15 is 0 Å². The first-order valence-electron chi connectivity index (χ1n) is 6.54. The fourth-order valence-electron chi connectivity index (χ4n) is 2.28. The van der Waals surface area contributed by atoms with E-state index in [4.69, 9.17) is 0 Å². The van der Waals surface area contributed by atoms with Gasteiger partial charge in [-0.15, -0.1) is 0 Å². The van der Waals surface area contributed by atoms with Crippen LogP contribution in [0.4, 0.5) is 4.79 Å². The van der Waals surface area contributed by atoms with Crippen molar-refractivity contribution in [1.29, 1.82) is 0 Å². The Balaban J connectivity index is 1.80. The molecule has 2 rings (SSSR count). The summed E-state index contributed by atoms with van der Waals surface area (Å²) in [5.41, 5.74) is 0. The molecule has 0 aliphatic heterocycles. The molecule has 1 heterocycles. The van der Waals surface area contributed by atoms with Gasteiger partial charge in [-0.1, -0.05) is 19.3 Å². The molecule has 6 heteroatoms. The third-order valence-corrected chi connectivity index (χ3v) is 3.30. The van der Waals surface area contributed by atoms with Crippen LogP contribution in [0.15, 0.2) is 0 Å². The van der Waals surface area contributed by atoms with Gasteiger partial charge in [0.25, 0.3) is 0 Å². The number of carbonyl (C=O) groups is 1. The molecule has 0 radical (unpaired) electrons. The molecule has 18 heavy (non-hydrogen) atoms. The molecule has 1 aliphatic carbocycles. The number of aromatic amines is 1. The predicted molar refractivity (Wildman–Crippen MR) is 68.0 cm³/mol. The van der Waals surface area contributed by atoms with E-state index in [0.717, 1.165) is 18.7 Å². The van der Waals surface area contributed by atoms with Crippen LogP contribution >= 0.6 is 0 Å². The number of hydrogen-bond acceptors (Lipinski definition) is 3. The van der Waals surface area contributed by atoms with Crippen LogP contribution in [0.2, 0.25) is 0 Å². The lowest BCUT2D eigenvalue weighted by Gasteiger charge is -2.25. The molecule has 0 atom stereocenters. The van der Waals surface area contributed by atoms with Crippen LogP contribution in [0.3, 0.4) is 0 Å². The number of hydrogen-bond donors (Lipinski definition) is 2. The van der Waals surface area contributed by atoms with Crippen molar-refractivity contribution >= 4 is 6.03 Å². The second-order valence-corrected chi connectivity index (χ2v) is 4.98. The lowest BCUT2D eigenvalue weighted by Crippen LogP contribution is -2.43. The molecule has 0 spiro atoms. The summed E-state index contributed by atoms with van der Waals surface area (Å²) in [4.78, 5) is 17.8. The molecule has 1 fully saturated rings. The summed E-state index contributed by atoms with van der Waals surface area (Å²) in [6.07, 6.45) is 5.92. The fourth-order valence-corrected chi connectivity index (χ4v) is 2.28. The van der Waals surface area contributed by atoms with E-state index in [1.54, 1.807) is 11.9 Å². The van der Waals surface area contributed by atoms with Crippen molar-refractivity contribution in [2.75, 3.05) is 7.05 Å². The van der Waals surface area contributed by atoms with Gasteiger partial charge in [-0.2, -0.15) is 5.10 Å². The summed E-state index contributed by atoms with van der Waals surface area (Å²) >= 11 is 0. The minimum absolute atomic E-state index is 0.0376. The summed E-state index contributed by atoms with van der Waals surface area (Å²) in [7, 11) is 1.77. The highest BCUT2D eigenvalue weighted by atomic mass is 16.2. The Labute approximate surface area is 107 Å². The second-order valence-electron chi connectivity index (χ2n) is 4.98. The van der Waals surface area contributed by atoms with Gasteiger partial charge in [0.05, 0.1) is 6.54 Å². The lowest BCUT2D eigenvalue weighted by molar-refractivity contribution is 0.197. The van der Waals surface area contributed by atoms with Gasteiger partial charge in [-0.3, -0.25) is 5.10 Å². The molecule has 1 aromatic rings. The number of nitrogens with one attached hydrogen (secondary N) is 2. The average Bonchev–Trinajstić information content (AvgIpc) is 2.76. The zero-order valence-corrected chi connectivity index (χ0v) is 11.1. The van der Waals surface area contributed by atoms with Crippen LogP contribution < -0.4 is 5.32 Å². The van der Waals surface area contributed by atoms with Crippen molar-refractivity contribution in [1.82, 2.24) is 25.4 Å². The summed E-state index contributed by atoms with van der Waals surface area (Å²) in [5.74, 6) is 1.42. The Bertz CT molecular complexity index is 397. The first-order valence-corrected chi connectivity index (χ1v) is 6.54. The number of amides is 2. The van der Waals surface area contributed by atoms with Gasteiger partial charge in [-0.05, 0) is 19.8 Å². The van der Waals surface area contributed by atoms with Gasteiger partial charge in [-0.25, -0.2) is 9.78 Å². The Morgan fingerprint density at radius 3 is 2.78 bits per heavy atom. The number of aryl methyl sites for hydroxylation is 1. The van der Waals surface area contributed by atoms with Crippen LogP contribution in [0.1, 0.15) is 43.8 Å². The van der Waals surface area contributed by atoms with Gasteiger partial charge >= 0.3 is 6.03 Å². The van der Waals surface area contributed by atoms with Gasteiger partial charge in [0, 0.05) is 13.1 Å². The molecular weight excluding hydrogens is 230 g/mol. The molecule has 0 bridgehead atoms. The van der Waals surface area contributed by atoms with E-state index in [9.17, 15) is 4.79 Å². The molecule has 1 aliphatic rings. The lowest BCUT2D eigenvalue weighted by atomic mass is 9.96. The third kappa shape index (κ3) is 3.45. The largest absolute Gasteiger partial charge is 0.335 e. The molecule has 2 N–H and O–H groups in total. The van der Waals surface area contributed by atoms with Crippen molar-refractivity contribution in [3.63, 3.8) is 0 Å². The topological polar surface area (TPSA) is 73.9 Å². The Kier molecular flexibility index (Phi) is 4.17. The number of nitrogens with zero attached hydrogens (tertiary/aromatic N) is 3. The quantitative estimate of drug-likeness (QED) is 0.856. The Morgan fingerprint density at radius 1 is 1.44 bits per heavy atom. The molecule has 0 unspecified atom stereocenters. The van der Waals surface area contributed by atoms with Crippen LogP contribution in [0.5, 0.6) is 0 Å². The standard InChI is InChI=1S/C12H21N5O/c1-9-13-11(16-15-9)8-17(2)12(18)14-10-6-4-3-5-7-10/h10H,3-8H2,1-2H3,(H,14,18)(H,13,15,16). The number of H-pyrrole nitrogens is 1. The summed E-state index contributed by atoms with van der Waals surface area (Å²) < 4.78 is 0. The molecule has 1 aromatic heterocycles. The van der Waals surface area contributed by atoms with Gasteiger partial charge in [0.1, 0.15) is 5.82 Å². The predicted octanol–water partition coefficient (Wildman–Crippen LogP) is 1.59. The highest BCUT2D eigenvalue weighted by Crippen LogP contribution is 2.17. The van der Waals surface area contributed by atoms with Crippen LogP contribution in [0.25, 0.3) is 0 Å². The third-order valence-electron chi connectivity index (χ3n) is 3.30. The first kappa shape index (κ1) is 12.9. The van der Waals surface area contributed by atoms with E-state index in [2.05, 4.69) is 20.5 Å². The van der Waals surface area contributed by atoms with E-state index < -0.39 is 0 Å². The second kappa shape index (κ2) is 5.84. The maximum atomic E-state index is 12.0. The molecule has 6 nitrogen and oxygen atoms in total. The van der Waals surface area contributed by atoms with Crippen molar-refractivity contribution in [3.05, 3.63) is 11.6 Å². The zero-order chi connectivity index (χ0) is 13.0. The minimum atomic E-state index is -0.0376. The molecule has 2 amide bonds. The molecule has 0 saturated heterocycles. The smallest absolute Gasteiger partial charge is 0.317 e. The summed E-state index contributed by atoms with van der Waals surface area (Å²) in [6, 6.07) is 0.298. The van der Waals surface area contributed by atoms with E-state index in [1.165, 1.54) is 19.3 Å². The normalized spacial score (nSPS) is 16.6. The number of rotatable bonds is 3. The molecular formula is C12H21N5O. The highest BCUT2D eigenvalue weighted by molar-refractivity contribution is 5.74. The maximum Gasteiger partial charge on any atom is 0.317 e. The molecule has 0 aromatic carbocycles. The SMILES string of the molecule is Cc1nc(CN(C)C(=O)NC2CCCCC2)n[nH]1. The first-order chi connectivity index (χ1) is 8.65. The minimum Gasteiger partial charge on any atom is -0.335 e. The summed E-state index contributed by atoms with van der Waals surface area (Å²) in [6.45, 7) is 2.28. The van der Waals surface area contributed by atoms with Gasteiger partial charge in [0.15, 0.2) is 5.82 Å². The van der Waals surface area contributed by atoms with Crippen LogP contribution in [0, 0.1) is 6.92 Å². The number of carbonyl (C=O) groups excluding carboxylic acids is 1. The van der Waals surface area contributed by atoms with Gasteiger partial charge in [0.2, 0.25) is 0 Å². The van der Waals surface area contributed by atoms with E-state index in [0.29, 0.717) is 18.4 Å².